The Morgan fingerprint density at radius 1 is 1.18 bits per heavy atom. The van der Waals surface area contributed by atoms with E-state index in [-0.39, 0.29) is 11.6 Å². The van der Waals surface area contributed by atoms with Gasteiger partial charge in [-0.15, -0.1) is 0 Å². The maximum atomic E-state index is 14.0. The highest BCUT2D eigenvalue weighted by Crippen LogP contribution is 2.30. The Kier molecular flexibility index (Phi) is 6.85. The lowest BCUT2D eigenvalue weighted by Gasteiger charge is -2.35. The monoisotopic (exact) mass is 463 g/mol. The number of alkyl carbamates (subject to hydrolysis) is 1. The van der Waals surface area contributed by atoms with E-state index in [1.807, 2.05) is 4.90 Å². The van der Waals surface area contributed by atoms with E-state index in [2.05, 4.69) is 10.6 Å². The van der Waals surface area contributed by atoms with Crippen molar-refractivity contribution >= 4 is 29.4 Å². The van der Waals surface area contributed by atoms with Crippen LogP contribution >= 0.6 is 0 Å². The molecule has 33 heavy (non-hydrogen) atoms. The van der Waals surface area contributed by atoms with E-state index >= 15 is 0 Å². The van der Waals surface area contributed by atoms with Crippen LogP contribution in [0.4, 0.5) is 20.6 Å². The molecule has 9 nitrogen and oxygen atoms in total. The predicted molar refractivity (Wildman–Crippen MR) is 119 cm³/mol. The van der Waals surface area contributed by atoms with Gasteiger partial charge in [-0.25, -0.2) is 18.8 Å². The average molecular weight is 464 g/mol. The maximum Gasteiger partial charge on any atom is 0.407 e. The summed E-state index contributed by atoms with van der Waals surface area (Å²) in [7, 11) is 0. The van der Waals surface area contributed by atoms with E-state index in [1.165, 1.54) is 26.0 Å². The Morgan fingerprint density at radius 2 is 1.79 bits per heavy atom. The Hall–Kier alpha value is -3.30. The summed E-state index contributed by atoms with van der Waals surface area (Å²) in [5.41, 5.74) is 0.194. The number of ether oxygens (including phenoxy) is 3. The lowest BCUT2D eigenvalue weighted by molar-refractivity contribution is -0.222. The topological polar surface area (TPSA) is 106 Å². The molecule has 0 atom stereocenters. The van der Waals surface area contributed by atoms with Crippen LogP contribution in [-0.2, 0) is 23.8 Å². The van der Waals surface area contributed by atoms with Gasteiger partial charge in [0.2, 0.25) is 0 Å². The van der Waals surface area contributed by atoms with E-state index < -0.39 is 35.2 Å². The van der Waals surface area contributed by atoms with Crippen molar-refractivity contribution < 1.29 is 33.0 Å². The van der Waals surface area contributed by atoms with E-state index in [0.29, 0.717) is 37.3 Å². The van der Waals surface area contributed by atoms with Gasteiger partial charge in [0.1, 0.15) is 11.4 Å². The van der Waals surface area contributed by atoms with Crippen molar-refractivity contribution in [3.8, 4) is 0 Å². The van der Waals surface area contributed by atoms with E-state index in [0.717, 1.165) is 6.20 Å². The number of nitrogens with one attached hydrogen (secondary N) is 2. The van der Waals surface area contributed by atoms with Gasteiger partial charge in [-0.05, 0) is 51.8 Å². The standard InChI is InChI=1S/C23H30FN3O6/c1-22(2,3)33-21(30)26-15-8-10-27(11-9-15)18-7-6-14(24)12-17(18)25-13-16-19(28)31-23(4,5)32-20(16)29/h6-7,12-13,15,25H,8-11H2,1-5H3,(H,26,30). The van der Waals surface area contributed by atoms with E-state index in [9.17, 15) is 18.8 Å². The fourth-order valence-corrected chi connectivity index (χ4v) is 3.57. The summed E-state index contributed by atoms with van der Waals surface area (Å²) in [5.74, 6) is -3.46. The van der Waals surface area contributed by atoms with Crippen LogP contribution in [0.1, 0.15) is 47.5 Å². The third kappa shape index (κ3) is 6.59. The van der Waals surface area contributed by atoms with Crippen molar-refractivity contribution in [1.29, 1.82) is 0 Å². The van der Waals surface area contributed by atoms with Crippen LogP contribution < -0.4 is 15.5 Å². The minimum atomic E-state index is -1.34. The van der Waals surface area contributed by atoms with Gasteiger partial charge in [-0.1, -0.05) is 0 Å². The zero-order valence-electron chi connectivity index (χ0n) is 19.5. The smallest absolute Gasteiger partial charge is 0.407 e. The van der Waals surface area contributed by atoms with Crippen LogP contribution in [0.15, 0.2) is 30.0 Å². The molecule has 180 valence electrons. The van der Waals surface area contributed by atoms with E-state index in [1.54, 1.807) is 26.8 Å². The molecule has 0 bridgehead atoms. The van der Waals surface area contributed by atoms with Crippen LogP contribution in [0.3, 0.4) is 0 Å². The molecule has 0 saturated carbocycles. The average Bonchev–Trinajstić information content (AvgIpc) is 2.66. The summed E-state index contributed by atoms with van der Waals surface area (Å²) in [4.78, 5) is 38.3. The zero-order chi connectivity index (χ0) is 24.4. The molecule has 0 aromatic heterocycles. The Balaban J connectivity index is 1.67. The number of hydrogen-bond donors (Lipinski definition) is 2. The Labute approximate surface area is 192 Å². The van der Waals surface area contributed by atoms with Crippen molar-refractivity contribution in [2.24, 2.45) is 0 Å². The molecule has 0 aliphatic carbocycles. The lowest BCUT2D eigenvalue weighted by atomic mass is 10.0. The molecule has 0 radical (unpaired) electrons. The molecular weight excluding hydrogens is 433 g/mol. The predicted octanol–water partition coefficient (Wildman–Crippen LogP) is 3.45. The molecule has 3 rings (SSSR count). The quantitative estimate of drug-likeness (QED) is 0.397. The largest absolute Gasteiger partial charge is 0.444 e. The molecule has 1 aromatic carbocycles. The highest BCUT2D eigenvalue weighted by Gasteiger charge is 2.39. The SMILES string of the molecule is CC(C)(C)OC(=O)NC1CCN(c2ccc(F)cc2NC=C2C(=O)OC(C)(C)OC2=O)CC1. The van der Waals surface area contributed by atoms with E-state index in [4.69, 9.17) is 14.2 Å². The van der Waals surface area contributed by atoms with Gasteiger partial charge < -0.3 is 29.7 Å². The summed E-state index contributed by atoms with van der Waals surface area (Å²) < 4.78 is 29.4. The second-order valence-electron chi connectivity index (χ2n) is 9.45. The van der Waals surface area contributed by atoms with Crippen molar-refractivity contribution in [1.82, 2.24) is 5.32 Å². The third-order valence-corrected chi connectivity index (χ3v) is 5.00. The van der Waals surface area contributed by atoms with Crippen LogP contribution in [0, 0.1) is 5.82 Å². The van der Waals surface area contributed by atoms with Crippen LogP contribution in [0.5, 0.6) is 0 Å². The van der Waals surface area contributed by atoms with Crippen LogP contribution in [0.2, 0.25) is 0 Å². The molecule has 10 heteroatoms. The first-order chi connectivity index (χ1) is 15.3. The maximum absolute atomic E-state index is 14.0. The van der Waals surface area contributed by atoms with Crippen LogP contribution in [-0.4, -0.2) is 48.6 Å². The number of cyclic esters (lactones) is 2. The van der Waals surface area contributed by atoms with Gasteiger partial charge in [0.15, 0.2) is 5.57 Å². The number of anilines is 2. The van der Waals surface area contributed by atoms with Crippen molar-refractivity contribution in [3.05, 3.63) is 35.8 Å². The number of rotatable bonds is 4. The minimum Gasteiger partial charge on any atom is -0.444 e. The number of nitrogens with zero attached hydrogens (tertiary/aromatic N) is 1. The number of piperidine rings is 1. The fourth-order valence-electron chi connectivity index (χ4n) is 3.57. The minimum absolute atomic E-state index is 0.0368. The Bertz CT molecular complexity index is 939. The molecule has 2 heterocycles. The molecule has 2 aliphatic heterocycles. The summed E-state index contributed by atoms with van der Waals surface area (Å²) >= 11 is 0. The summed E-state index contributed by atoms with van der Waals surface area (Å²) in [6.45, 7) is 9.55. The van der Waals surface area contributed by atoms with Gasteiger partial charge >= 0.3 is 18.0 Å². The summed E-state index contributed by atoms with van der Waals surface area (Å²) in [6.07, 6.45) is 2.05. The normalized spacial score (nSPS) is 18.8. The number of amides is 1. The highest BCUT2D eigenvalue weighted by molar-refractivity contribution is 6.15. The first-order valence-corrected chi connectivity index (χ1v) is 10.8. The van der Waals surface area contributed by atoms with Gasteiger partial charge in [-0.2, -0.15) is 0 Å². The van der Waals surface area contributed by atoms with Crippen molar-refractivity contribution in [2.75, 3.05) is 23.3 Å². The summed E-state index contributed by atoms with van der Waals surface area (Å²) in [6, 6.07) is 4.20. The Morgan fingerprint density at radius 3 is 2.36 bits per heavy atom. The third-order valence-electron chi connectivity index (χ3n) is 5.00. The first kappa shape index (κ1) is 24.3. The summed E-state index contributed by atoms with van der Waals surface area (Å²) in [5, 5.41) is 5.72. The highest BCUT2D eigenvalue weighted by atomic mass is 19.1. The molecular formula is C23H30FN3O6. The lowest BCUT2D eigenvalue weighted by Crippen LogP contribution is -2.46. The van der Waals surface area contributed by atoms with Crippen LogP contribution in [0.25, 0.3) is 0 Å². The number of hydrogen-bond acceptors (Lipinski definition) is 8. The molecule has 0 unspecified atom stereocenters. The molecule has 1 aromatic rings. The van der Waals surface area contributed by atoms with Gasteiger partial charge in [0.25, 0.3) is 5.79 Å². The zero-order valence-corrected chi connectivity index (χ0v) is 19.5. The van der Waals surface area contributed by atoms with Gasteiger partial charge in [-0.3, -0.25) is 0 Å². The second kappa shape index (κ2) is 9.29. The van der Waals surface area contributed by atoms with Gasteiger partial charge in [0, 0.05) is 39.2 Å². The molecule has 2 N–H and O–H groups in total. The fraction of sp³-hybridized carbons (Fsp3) is 0.522. The molecule has 1 amide bonds. The molecule has 0 spiro atoms. The number of halogens is 1. The number of carbonyl (C=O) groups is 3. The van der Waals surface area contributed by atoms with Crippen molar-refractivity contribution in [2.45, 2.75) is 64.9 Å². The van der Waals surface area contributed by atoms with Gasteiger partial charge in [0.05, 0.1) is 11.4 Å². The number of esters is 2. The molecule has 2 fully saturated rings. The number of carbonyl (C=O) groups excluding carboxylic acids is 3. The van der Waals surface area contributed by atoms with Crippen molar-refractivity contribution in [3.63, 3.8) is 0 Å². The molecule has 2 aliphatic rings. The first-order valence-electron chi connectivity index (χ1n) is 10.8. The second-order valence-corrected chi connectivity index (χ2v) is 9.45. The number of benzene rings is 1. The molecule has 2 saturated heterocycles.